The van der Waals surface area contributed by atoms with E-state index in [-0.39, 0.29) is 17.1 Å². The predicted molar refractivity (Wildman–Crippen MR) is 59.0 cm³/mol. The summed E-state index contributed by atoms with van der Waals surface area (Å²) in [6, 6.07) is 0. The lowest BCUT2D eigenvalue weighted by Crippen LogP contribution is -2.20. The van der Waals surface area contributed by atoms with Crippen LogP contribution in [0.2, 0.25) is 0 Å². The zero-order valence-corrected chi connectivity index (χ0v) is 9.37. The Morgan fingerprint density at radius 3 is 2.00 bits per heavy atom. The maximum atomic E-state index is 10.9. The third kappa shape index (κ3) is 2.43. The van der Waals surface area contributed by atoms with Gasteiger partial charge in [-0.05, 0) is 27.8 Å². The lowest BCUT2D eigenvalue weighted by atomic mass is 10.2. The number of hydrogen-bond donors (Lipinski definition) is 2. The van der Waals surface area contributed by atoms with E-state index in [9.17, 15) is 9.59 Å². The molecule has 0 saturated heterocycles. The molecule has 0 saturated carbocycles. The van der Waals surface area contributed by atoms with Crippen molar-refractivity contribution in [3.8, 4) is 0 Å². The number of carbonyl (C=O) groups is 2. The molecule has 0 radical (unpaired) electrons. The molecule has 0 aliphatic carbocycles. The van der Waals surface area contributed by atoms with Gasteiger partial charge in [-0.2, -0.15) is 0 Å². The van der Waals surface area contributed by atoms with Crippen LogP contribution in [0, 0.1) is 0 Å². The normalized spacial score (nSPS) is 10.5. The van der Waals surface area contributed by atoms with Crippen molar-refractivity contribution in [3.63, 3.8) is 0 Å². The van der Waals surface area contributed by atoms with Crippen molar-refractivity contribution < 1.29 is 9.59 Å². The second-order valence-electron chi connectivity index (χ2n) is 2.29. The molecule has 0 bridgehead atoms. The highest BCUT2D eigenvalue weighted by Gasteiger charge is 2.19. The average Bonchev–Trinajstić information content (AvgIpc) is 2.17. The zero-order valence-electron chi connectivity index (χ0n) is 7.22. The summed E-state index contributed by atoms with van der Waals surface area (Å²) in [7, 11) is 0. The summed E-state index contributed by atoms with van der Waals surface area (Å²) in [5.74, 6) is -1.71. The van der Waals surface area contributed by atoms with E-state index >= 15 is 0 Å². The SMILES string of the molecule is NC(=O)c1nnnc(C(N)=O)c1N=CI. The van der Waals surface area contributed by atoms with Crippen LogP contribution in [0.25, 0.3) is 0 Å². The molecule has 78 valence electrons. The van der Waals surface area contributed by atoms with Gasteiger partial charge >= 0.3 is 0 Å². The maximum absolute atomic E-state index is 10.9. The van der Waals surface area contributed by atoms with E-state index < -0.39 is 11.8 Å². The van der Waals surface area contributed by atoms with E-state index in [2.05, 4.69) is 20.4 Å². The van der Waals surface area contributed by atoms with Crippen LogP contribution in [0.5, 0.6) is 0 Å². The molecule has 2 amide bonds. The van der Waals surface area contributed by atoms with Gasteiger partial charge in [-0.25, -0.2) is 4.99 Å². The molecule has 0 fully saturated rings. The van der Waals surface area contributed by atoms with Crippen molar-refractivity contribution in [2.24, 2.45) is 16.5 Å². The van der Waals surface area contributed by atoms with Crippen molar-refractivity contribution in [2.75, 3.05) is 0 Å². The number of hydrogen-bond acceptors (Lipinski definition) is 6. The number of primary amides is 2. The molecule has 8 nitrogen and oxygen atoms in total. The number of aromatic nitrogens is 3. The molecule has 9 heteroatoms. The fourth-order valence-electron chi connectivity index (χ4n) is 0.822. The van der Waals surface area contributed by atoms with Crippen LogP contribution in [-0.4, -0.2) is 31.4 Å². The van der Waals surface area contributed by atoms with Crippen molar-refractivity contribution >= 4 is 44.3 Å². The Morgan fingerprint density at radius 2 is 1.67 bits per heavy atom. The van der Waals surface area contributed by atoms with Crippen molar-refractivity contribution in [2.45, 2.75) is 0 Å². The third-order valence-electron chi connectivity index (χ3n) is 1.38. The quantitative estimate of drug-likeness (QED) is 0.553. The average molecular weight is 320 g/mol. The van der Waals surface area contributed by atoms with E-state index in [4.69, 9.17) is 11.5 Å². The van der Waals surface area contributed by atoms with Crippen molar-refractivity contribution in [1.29, 1.82) is 0 Å². The highest BCUT2D eigenvalue weighted by molar-refractivity contribution is 14.1. The van der Waals surface area contributed by atoms with Crippen molar-refractivity contribution in [1.82, 2.24) is 15.4 Å². The van der Waals surface area contributed by atoms with Gasteiger partial charge < -0.3 is 11.5 Å². The highest BCUT2D eigenvalue weighted by atomic mass is 127. The van der Waals surface area contributed by atoms with Gasteiger partial charge in [0.25, 0.3) is 11.8 Å². The Labute approximate surface area is 97.3 Å². The molecule has 0 aliphatic rings. The van der Waals surface area contributed by atoms with Gasteiger partial charge in [0.15, 0.2) is 11.4 Å². The Kier molecular flexibility index (Phi) is 3.60. The molecule has 0 spiro atoms. The fraction of sp³-hybridized carbons (Fsp3) is 0. The summed E-state index contributed by atoms with van der Waals surface area (Å²) in [5.41, 5.74) is 9.47. The first-order chi connectivity index (χ1) is 7.07. The molecular weight excluding hydrogens is 315 g/mol. The second-order valence-corrected chi connectivity index (χ2v) is 2.85. The lowest BCUT2D eigenvalue weighted by Gasteiger charge is -2.01. The zero-order chi connectivity index (χ0) is 11.4. The van der Waals surface area contributed by atoms with Crippen LogP contribution in [0.15, 0.2) is 4.99 Å². The molecule has 0 atom stereocenters. The minimum Gasteiger partial charge on any atom is -0.364 e. The van der Waals surface area contributed by atoms with Crippen LogP contribution in [0.1, 0.15) is 21.0 Å². The summed E-state index contributed by atoms with van der Waals surface area (Å²) < 4.78 is 1.33. The highest BCUT2D eigenvalue weighted by Crippen LogP contribution is 2.19. The molecule has 1 aromatic rings. The number of rotatable bonds is 3. The summed E-state index contributed by atoms with van der Waals surface area (Å²) in [6.07, 6.45) is 0. The van der Waals surface area contributed by atoms with E-state index in [1.807, 2.05) is 0 Å². The van der Waals surface area contributed by atoms with Crippen molar-refractivity contribution in [3.05, 3.63) is 11.4 Å². The van der Waals surface area contributed by atoms with Gasteiger partial charge in [0.1, 0.15) is 5.69 Å². The minimum atomic E-state index is -0.857. The van der Waals surface area contributed by atoms with Crippen LogP contribution >= 0.6 is 22.6 Å². The first kappa shape index (κ1) is 11.4. The Morgan fingerprint density at radius 1 is 1.20 bits per heavy atom. The molecule has 0 aliphatic heterocycles. The molecule has 0 unspecified atom stereocenters. The molecule has 1 aromatic heterocycles. The van der Waals surface area contributed by atoms with E-state index in [0.717, 1.165) is 0 Å². The molecule has 1 rings (SSSR count). The largest absolute Gasteiger partial charge is 0.364 e. The molecule has 0 aromatic carbocycles. The monoisotopic (exact) mass is 320 g/mol. The number of nitrogens with two attached hydrogens (primary N) is 2. The topological polar surface area (TPSA) is 137 Å². The Balaban J connectivity index is 3.48. The fourth-order valence-corrected chi connectivity index (χ4v) is 1.10. The minimum absolute atomic E-state index is 0.0700. The number of carbonyl (C=O) groups excluding carboxylic acids is 2. The molecule has 1 heterocycles. The first-order valence-corrected chi connectivity index (χ1v) is 4.78. The molecular formula is C6H5IN6O2. The van der Waals surface area contributed by atoms with Crippen LogP contribution < -0.4 is 11.5 Å². The van der Waals surface area contributed by atoms with E-state index in [0.29, 0.717) is 0 Å². The second kappa shape index (κ2) is 4.72. The Bertz CT molecular complexity index is 413. The summed E-state index contributed by atoms with van der Waals surface area (Å²) in [4.78, 5) is 25.6. The summed E-state index contributed by atoms with van der Waals surface area (Å²) in [5, 5.41) is 9.95. The van der Waals surface area contributed by atoms with Gasteiger partial charge in [0, 0.05) is 0 Å². The van der Waals surface area contributed by atoms with Crippen LogP contribution in [0.3, 0.4) is 0 Å². The first-order valence-electron chi connectivity index (χ1n) is 3.53. The Hall–Kier alpha value is -1.65. The molecule has 4 N–H and O–H groups in total. The van der Waals surface area contributed by atoms with Gasteiger partial charge in [-0.3, -0.25) is 9.59 Å². The third-order valence-corrected chi connectivity index (χ3v) is 1.66. The smallest absolute Gasteiger partial charge is 0.271 e. The van der Waals surface area contributed by atoms with E-state index in [1.54, 1.807) is 22.6 Å². The van der Waals surface area contributed by atoms with Crippen LogP contribution in [0.4, 0.5) is 5.69 Å². The van der Waals surface area contributed by atoms with Gasteiger partial charge in [-0.15, -0.1) is 10.2 Å². The van der Waals surface area contributed by atoms with Gasteiger partial charge in [-0.1, -0.05) is 0 Å². The lowest BCUT2D eigenvalue weighted by molar-refractivity contribution is 0.0994. The van der Waals surface area contributed by atoms with Gasteiger partial charge in [0.05, 0.1) is 4.22 Å². The number of aliphatic imine (C=N–C) groups is 1. The standard InChI is InChI=1S/C6H5IN6O2/c7-1-10-2-3(5(8)14)11-13-12-4(2)6(9)15/h1H,(H2,8,14)(H2,9,15). The van der Waals surface area contributed by atoms with Crippen LogP contribution in [-0.2, 0) is 0 Å². The van der Waals surface area contributed by atoms with Gasteiger partial charge in [0.2, 0.25) is 0 Å². The maximum Gasteiger partial charge on any atom is 0.271 e. The number of halogens is 1. The molecule has 15 heavy (non-hydrogen) atoms. The number of nitrogens with zero attached hydrogens (tertiary/aromatic N) is 4. The predicted octanol–water partition coefficient (Wildman–Crippen LogP) is -0.836. The number of amides is 2. The summed E-state index contributed by atoms with van der Waals surface area (Å²) >= 11 is 1.80. The summed E-state index contributed by atoms with van der Waals surface area (Å²) in [6.45, 7) is 0. The van der Waals surface area contributed by atoms with E-state index in [1.165, 1.54) is 4.22 Å².